The van der Waals surface area contributed by atoms with Crippen molar-refractivity contribution >= 4 is 27.3 Å². The summed E-state index contributed by atoms with van der Waals surface area (Å²) in [5, 5.41) is 3.20. The lowest BCUT2D eigenvalue weighted by Crippen LogP contribution is -2.09. The molecular weight excluding hydrogens is 436 g/mol. The first-order chi connectivity index (χ1) is 13.9. The molecule has 1 aromatic rings. The van der Waals surface area contributed by atoms with Gasteiger partial charge in [0.05, 0.1) is 19.3 Å². The summed E-state index contributed by atoms with van der Waals surface area (Å²) in [6, 6.07) is 7.05. The molecule has 0 amide bonds. The Morgan fingerprint density at radius 1 is 1.10 bits per heavy atom. The van der Waals surface area contributed by atoms with Crippen LogP contribution >= 0.6 is 15.6 Å². The van der Waals surface area contributed by atoms with E-state index in [4.69, 9.17) is 14.5 Å². The number of phosphoric ester groups is 1. The summed E-state index contributed by atoms with van der Waals surface area (Å²) in [4.78, 5) is 38.0. The van der Waals surface area contributed by atoms with Crippen molar-refractivity contribution in [2.24, 2.45) is 0 Å². The fraction of sp³-hybridized carbons (Fsp3) is 0.389. The van der Waals surface area contributed by atoms with Crippen LogP contribution in [0.25, 0.3) is 0 Å². The molecule has 1 rings (SSSR count). The van der Waals surface area contributed by atoms with Crippen LogP contribution in [0.4, 0.5) is 5.69 Å². The van der Waals surface area contributed by atoms with Gasteiger partial charge in [0.1, 0.15) is 0 Å². The minimum Gasteiger partial charge on any atom is -0.465 e. The molecular formula is C18H27NO9P2. The number of methoxy groups -OCH3 is 1. The van der Waals surface area contributed by atoms with E-state index in [1.54, 1.807) is 25.1 Å². The van der Waals surface area contributed by atoms with E-state index in [2.05, 4.69) is 14.2 Å². The topological polar surface area (TPSA) is 152 Å². The minimum atomic E-state index is -5.12. The molecule has 30 heavy (non-hydrogen) atoms. The van der Waals surface area contributed by atoms with Gasteiger partial charge in [0.25, 0.3) is 0 Å². The van der Waals surface area contributed by atoms with Crippen LogP contribution in [-0.4, -0.2) is 40.9 Å². The normalized spacial score (nSPS) is 14.9. The Kier molecular flexibility index (Phi) is 10.7. The minimum absolute atomic E-state index is 0.325. The molecule has 10 nitrogen and oxygen atoms in total. The zero-order valence-corrected chi connectivity index (χ0v) is 18.8. The van der Waals surface area contributed by atoms with Gasteiger partial charge in [-0.1, -0.05) is 35.4 Å². The van der Waals surface area contributed by atoms with E-state index >= 15 is 0 Å². The Balaban J connectivity index is 2.46. The molecule has 0 heterocycles. The van der Waals surface area contributed by atoms with Crippen molar-refractivity contribution in [3.8, 4) is 0 Å². The van der Waals surface area contributed by atoms with Gasteiger partial charge in [0.15, 0.2) is 0 Å². The molecule has 0 aromatic heterocycles. The second-order valence-corrected chi connectivity index (χ2v) is 9.20. The summed E-state index contributed by atoms with van der Waals surface area (Å²) < 4.78 is 34.8. The molecule has 12 heteroatoms. The van der Waals surface area contributed by atoms with E-state index in [9.17, 15) is 18.8 Å². The molecule has 0 radical (unpaired) electrons. The Hall–Kier alpha value is -1.77. The lowest BCUT2D eigenvalue weighted by molar-refractivity contribution is 0.0601. The van der Waals surface area contributed by atoms with E-state index < -0.39 is 21.6 Å². The number of hydrogen-bond donors (Lipinski definition) is 4. The molecule has 1 aromatic carbocycles. The number of esters is 1. The fourth-order valence-electron chi connectivity index (χ4n) is 2.31. The largest absolute Gasteiger partial charge is 0.481 e. The number of benzene rings is 1. The first kappa shape index (κ1) is 26.3. The van der Waals surface area contributed by atoms with Crippen LogP contribution in [0, 0.1) is 0 Å². The summed E-state index contributed by atoms with van der Waals surface area (Å²) in [5.41, 5.74) is 3.04. The Morgan fingerprint density at radius 2 is 1.77 bits per heavy atom. The van der Waals surface area contributed by atoms with E-state index in [1.165, 1.54) is 13.2 Å². The fourth-order valence-corrected chi connectivity index (χ4v) is 3.84. The molecule has 168 valence electrons. The van der Waals surface area contributed by atoms with Crippen LogP contribution < -0.4 is 5.32 Å². The summed E-state index contributed by atoms with van der Waals surface area (Å²) in [5.74, 6) is -0.415. The lowest BCUT2D eigenvalue weighted by atomic mass is 10.1. The summed E-state index contributed by atoms with van der Waals surface area (Å²) in [7, 11) is -8.61. The van der Waals surface area contributed by atoms with Crippen molar-refractivity contribution < 1.29 is 42.2 Å². The molecule has 1 unspecified atom stereocenters. The van der Waals surface area contributed by atoms with Gasteiger partial charge < -0.3 is 24.7 Å². The first-order valence-electron chi connectivity index (χ1n) is 8.90. The van der Waals surface area contributed by atoms with Gasteiger partial charge in [-0.05, 0) is 38.8 Å². The van der Waals surface area contributed by atoms with Gasteiger partial charge in [-0.2, -0.15) is 4.31 Å². The van der Waals surface area contributed by atoms with Gasteiger partial charge in [-0.3, -0.25) is 4.52 Å². The third-order valence-electron chi connectivity index (χ3n) is 3.80. The van der Waals surface area contributed by atoms with E-state index in [-0.39, 0.29) is 6.61 Å². The molecule has 0 saturated carbocycles. The Bertz CT molecular complexity index is 876. The lowest BCUT2D eigenvalue weighted by Gasteiger charge is -2.11. The highest BCUT2D eigenvalue weighted by molar-refractivity contribution is 7.60. The number of carbonyl (C=O) groups is 1. The zero-order chi connectivity index (χ0) is 22.8. The van der Waals surface area contributed by atoms with Crippen LogP contribution in [0.5, 0.6) is 0 Å². The van der Waals surface area contributed by atoms with Crippen LogP contribution in [0.2, 0.25) is 0 Å². The van der Waals surface area contributed by atoms with Crippen LogP contribution in [0.3, 0.4) is 0 Å². The van der Waals surface area contributed by atoms with Crippen molar-refractivity contribution in [2.75, 3.05) is 25.6 Å². The number of carbonyl (C=O) groups excluding carboxylic acids is 1. The monoisotopic (exact) mass is 463 g/mol. The van der Waals surface area contributed by atoms with Gasteiger partial charge in [0, 0.05) is 12.2 Å². The van der Waals surface area contributed by atoms with Crippen LogP contribution in [0.1, 0.15) is 37.0 Å². The number of hydrogen-bond acceptors (Lipinski definition) is 7. The number of para-hydroxylation sites is 1. The van der Waals surface area contributed by atoms with Gasteiger partial charge >= 0.3 is 21.6 Å². The average molecular weight is 463 g/mol. The maximum absolute atomic E-state index is 11.8. The van der Waals surface area contributed by atoms with Crippen molar-refractivity contribution in [1.29, 1.82) is 0 Å². The number of phosphoric acid groups is 2. The molecule has 0 fully saturated rings. The number of ether oxygens (including phenoxy) is 1. The highest BCUT2D eigenvalue weighted by Crippen LogP contribution is 2.57. The smallest absolute Gasteiger partial charge is 0.465 e. The Labute approximate surface area is 175 Å². The standard InChI is InChI=1S/C18H27NO9P2/c1-14(11-12-27-30(24,25)28-29(21,22)23)7-6-8-15(2)13-19-17-10-5-4-9-16(17)18(20)26-3/h4-5,8-11,19H,6-7,12-13H2,1-3H3,(H,24,25)(H2,21,22,23)/b14-11+,15-8+. The van der Waals surface area contributed by atoms with E-state index in [1.807, 2.05) is 19.1 Å². The van der Waals surface area contributed by atoms with Crippen LogP contribution in [0.15, 0.2) is 47.6 Å². The third-order valence-corrected chi connectivity index (χ3v) is 5.95. The number of anilines is 1. The second kappa shape index (κ2) is 12.2. The van der Waals surface area contributed by atoms with E-state index in [0.717, 1.165) is 11.1 Å². The van der Waals surface area contributed by atoms with Gasteiger partial charge in [-0.15, -0.1) is 0 Å². The molecule has 0 bridgehead atoms. The quantitative estimate of drug-likeness (QED) is 0.205. The molecule has 4 N–H and O–H groups in total. The maximum Gasteiger partial charge on any atom is 0.481 e. The Morgan fingerprint density at radius 3 is 2.40 bits per heavy atom. The van der Waals surface area contributed by atoms with Crippen molar-refractivity contribution in [2.45, 2.75) is 26.7 Å². The van der Waals surface area contributed by atoms with Crippen molar-refractivity contribution in [3.05, 3.63) is 53.1 Å². The summed E-state index contributed by atoms with van der Waals surface area (Å²) >= 11 is 0. The summed E-state index contributed by atoms with van der Waals surface area (Å²) in [6.45, 7) is 3.95. The van der Waals surface area contributed by atoms with E-state index in [0.29, 0.717) is 30.6 Å². The third kappa shape index (κ3) is 10.8. The van der Waals surface area contributed by atoms with Gasteiger partial charge in [0.2, 0.25) is 0 Å². The number of allylic oxidation sites excluding steroid dienone is 2. The maximum atomic E-state index is 11.8. The molecule has 0 aliphatic carbocycles. The van der Waals surface area contributed by atoms with Crippen LogP contribution in [-0.2, 0) is 22.7 Å². The molecule has 0 aliphatic rings. The van der Waals surface area contributed by atoms with Gasteiger partial charge in [-0.25, -0.2) is 13.9 Å². The van der Waals surface area contributed by atoms with Crippen molar-refractivity contribution in [3.63, 3.8) is 0 Å². The highest BCUT2D eigenvalue weighted by Gasteiger charge is 2.31. The number of nitrogens with one attached hydrogen (secondary N) is 1. The predicted octanol–water partition coefficient (Wildman–Crippen LogP) is 3.78. The molecule has 0 saturated heterocycles. The highest BCUT2D eigenvalue weighted by atomic mass is 31.3. The SMILES string of the molecule is COC(=O)c1ccccc1NC/C(C)=C/CC/C(C)=C/COP(=O)(O)OP(=O)(O)O. The number of rotatable bonds is 12. The van der Waals surface area contributed by atoms with Crippen molar-refractivity contribution in [1.82, 2.24) is 0 Å². The second-order valence-electron chi connectivity index (χ2n) is 6.37. The molecule has 1 atom stereocenters. The zero-order valence-electron chi connectivity index (χ0n) is 17.0. The average Bonchev–Trinajstić information content (AvgIpc) is 2.63. The predicted molar refractivity (Wildman–Crippen MR) is 112 cm³/mol. The molecule has 0 aliphatic heterocycles. The first-order valence-corrected chi connectivity index (χ1v) is 11.9. The summed E-state index contributed by atoms with van der Waals surface area (Å²) in [6.07, 6.45) is 4.89. The molecule has 0 spiro atoms.